The molecule has 1 heterocycles. The van der Waals surface area contributed by atoms with Crippen molar-refractivity contribution in [2.24, 2.45) is 5.41 Å². The van der Waals surface area contributed by atoms with Crippen molar-refractivity contribution >= 4 is 0 Å². The van der Waals surface area contributed by atoms with Gasteiger partial charge in [-0.1, -0.05) is 13.3 Å². The second-order valence-corrected chi connectivity index (χ2v) is 5.44. The van der Waals surface area contributed by atoms with Gasteiger partial charge in [0, 0.05) is 30.9 Å². The van der Waals surface area contributed by atoms with Gasteiger partial charge in [-0.25, -0.2) is 0 Å². The number of nitrogens with zero attached hydrogens (tertiary/aromatic N) is 2. The summed E-state index contributed by atoms with van der Waals surface area (Å²) < 4.78 is 1.99. The van der Waals surface area contributed by atoms with Crippen LogP contribution in [0.3, 0.4) is 0 Å². The summed E-state index contributed by atoms with van der Waals surface area (Å²) in [5, 5.41) is 8.01. The van der Waals surface area contributed by atoms with E-state index in [0.29, 0.717) is 11.5 Å². The van der Waals surface area contributed by atoms with Crippen LogP contribution in [0.25, 0.3) is 0 Å². The van der Waals surface area contributed by atoms with Crippen molar-refractivity contribution in [3.8, 4) is 0 Å². The predicted octanol–water partition coefficient (Wildman–Crippen LogP) is 3.13. The molecule has 1 fully saturated rings. The lowest BCUT2D eigenvalue weighted by molar-refractivity contribution is 0.120. The SMILES string of the molecule is CCn1cc(C(C)NCC2(CC)CCC2)cn1. The summed E-state index contributed by atoms with van der Waals surface area (Å²) in [4.78, 5) is 0. The summed E-state index contributed by atoms with van der Waals surface area (Å²) in [5.74, 6) is 0. The molecule has 1 aromatic heterocycles. The maximum atomic E-state index is 4.33. The van der Waals surface area contributed by atoms with Crippen LogP contribution in [-0.4, -0.2) is 16.3 Å². The van der Waals surface area contributed by atoms with Gasteiger partial charge in [-0.3, -0.25) is 4.68 Å². The molecular weight excluding hydrogens is 210 g/mol. The summed E-state index contributed by atoms with van der Waals surface area (Å²) in [7, 11) is 0. The first-order valence-electron chi connectivity index (χ1n) is 6.95. The zero-order valence-electron chi connectivity index (χ0n) is 11.4. The lowest BCUT2D eigenvalue weighted by Crippen LogP contribution is -2.40. The minimum absolute atomic E-state index is 0.416. The summed E-state index contributed by atoms with van der Waals surface area (Å²) in [6.07, 6.45) is 9.66. The molecule has 96 valence electrons. The standard InChI is InChI=1S/C14H25N3/c1-4-14(7-6-8-14)11-15-12(3)13-9-16-17(5-2)10-13/h9-10,12,15H,4-8,11H2,1-3H3. The molecule has 17 heavy (non-hydrogen) atoms. The lowest BCUT2D eigenvalue weighted by Gasteiger charge is -2.42. The molecule has 1 aliphatic rings. The Morgan fingerprint density at radius 1 is 1.47 bits per heavy atom. The van der Waals surface area contributed by atoms with Gasteiger partial charge in [0.05, 0.1) is 6.20 Å². The van der Waals surface area contributed by atoms with E-state index >= 15 is 0 Å². The lowest BCUT2D eigenvalue weighted by atomic mass is 9.67. The van der Waals surface area contributed by atoms with E-state index in [-0.39, 0.29) is 0 Å². The van der Waals surface area contributed by atoms with Crippen LogP contribution in [-0.2, 0) is 6.54 Å². The fraction of sp³-hybridized carbons (Fsp3) is 0.786. The van der Waals surface area contributed by atoms with Gasteiger partial charge < -0.3 is 5.32 Å². The molecule has 0 saturated heterocycles. The number of aryl methyl sites for hydroxylation is 1. The Bertz CT molecular complexity index is 347. The molecule has 0 aromatic carbocycles. The molecule has 0 aliphatic heterocycles. The third-order valence-corrected chi connectivity index (χ3v) is 4.42. The maximum absolute atomic E-state index is 4.33. The zero-order valence-corrected chi connectivity index (χ0v) is 11.4. The molecule has 1 aromatic rings. The maximum Gasteiger partial charge on any atom is 0.0537 e. The van der Waals surface area contributed by atoms with E-state index in [1.807, 2.05) is 10.9 Å². The number of aromatic nitrogens is 2. The van der Waals surface area contributed by atoms with E-state index in [1.54, 1.807) is 0 Å². The highest BCUT2D eigenvalue weighted by Gasteiger charge is 2.34. The highest BCUT2D eigenvalue weighted by atomic mass is 15.3. The summed E-state index contributed by atoms with van der Waals surface area (Å²) in [6.45, 7) is 8.78. The first-order chi connectivity index (χ1) is 8.19. The zero-order chi connectivity index (χ0) is 12.3. The third kappa shape index (κ3) is 2.71. The van der Waals surface area contributed by atoms with Crippen molar-refractivity contribution in [1.82, 2.24) is 15.1 Å². The van der Waals surface area contributed by atoms with Crippen LogP contribution in [0.15, 0.2) is 12.4 Å². The number of hydrogen-bond donors (Lipinski definition) is 1. The Kier molecular flexibility index (Phi) is 3.87. The molecule has 0 bridgehead atoms. The average molecular weight is 235 g/mol. The molecular formula is C14H25N3. The van der Waals surface area contributed by atoms with Crippen molar-refractivity contribution < 1.29 is 0 Å². The van der Waals surface area contributed by atoms with Crippen LogP contribution in [0.2, 0.25) is 0 Å². The van der Waals surface area contributed by atoms with Gasteiger partial charge >= 0.3 is 0 Å². The van der Waals surface area contributed by atoms with Gasteiger partial charge in [0.25, 0.3) is 0 Å². The van der Waals surface area contributed by atoms with E-state index in [4.69, 9.17) is 0 Å². The Balaban J connectivity index is 1.86. The monoisotopic (exact) mass is 235 g/mol. The van der Waals surface area contributed by atoms with Crippen LogP contribution in [0, 0.1) is 5.41 Å². The van der Waals surface area contributed by atoms with Crippen LogP contribution >= 0.6 is 0 Å². The van der Waals surface area contributed by atoms with E-state index in [2.05, 4.69) is 37.4 Å². The van der Waals surface area contributed by atoms with Crippen molar-refractivity contribution in [2.45, 2.75) is 59.0 Å². The Morgan fingerprint density at radius 2 is 2.24 bits per heavy atom. The van der Waals surface area contributed by atoms with Crippen molar-refractivity contribution in [2.75, 3.05) is 6.54 Å². The molecule has 1 aliphatic carbocycles. The van der Waals surface area contributed by atoms with E-state index in [0.717, 1.165) is 13.1 Å². The molecule has 1 atom stereocenters. The first kappa shape index (κ1) is 12.6. The second-order valence-electron chi connectivity index (χ2n) is 5.44. The summed E-state index contributed by atoms with van der Waals surface area (Å²) in [6, 6.07) is 0.416. The molecule has 1 saturated carbocycles. The fourth-order valence-corrected chi connectivity index (χ4v) is 2.60. The Morgan fingerprint density at radius 3 is 2.71 bits per heavy atom. The molecule has 3 heteroatoms. The summed E-state index contributed by atoms with van der Waals surface area (Å²) >= 11 is 0. The highest BCUT2D eigenvalue weighted by molar-refractivity contribution is 5.09. The largest absolute Gasteiger partial charge is 0.310 e. The van der Waals surface area contributed by atoms with Crippen LogP contribution < -0.4 is 5.32 Å². The Hall–Kier alpha value is -0.830. The molecule has 1 unspecified atom stereocenters. The van der Waals surface area contributed by atoms with Gasteiger partial charge in [-0.05, 0) is 38.5 Å². The van der Waals surface area contributed by atoms with Crippen molar-refractivity contribution in [1.29, 1.82) is 0 Å². The normalized spacial score (nSPS) is 19.9. The average Bonchev–Trinajstić information content (AvgIpc) is 2.76. The molecule has 3 nitrogen and oxygen atoms in total. The van der Waals surface area contributed by atoms with Gasteiger partial charge in [0.1, 0.15) is 0 Å². The quantitative estimate of drug-likeness (QED) is 0.821. The highest BCUT2D eigenvalue weighted by Crippen LogP contribution is 2.43. The summed E-state index contributed by atoms with van der Waals surface area (Å²) in [5.41, 5.74) is 1.90. The van der Waals surface area contributed by atoms with Crippen LogP contribution in [0.5, 0.6) is 0 Å². The molecule has 0 radical (unpaired) electrons. The van der Waals surface area contributed by atoms with E-state index in [1.165, 1.54) is 31.2 Å². The minimum Gasteiger partial charge on any atom is -0.310 e. The van der Waals surface area contributed by atoms with Gasteiger partial charge in [-0.2, -0.15) is 5.10 Å². The van der Waals surface area contributed by atoms with E-state index in [9.17, 15) is 0 Å². The van der Waals surface area contributed by atoms with Gasteiger partial charge in [0.2, 0.25) is 0 Å². The number of rotatable bonds is 6. The molecule has 0 spiro atoms. The van der Waals surface area contributed by atoms with Gasteiger partial charge in [0.15, 0.2) is 0 Å². The Labute approximate surface area is 105 Å². The van der Waals surface area contributed by atoms with Crippen LogP contribution in [0.1, 0.15) is 58.1 Å². The molecule has 1 N–H and O–H groups in total. The van der Waals surface area contributed by atoms with Crippen LogP contribution in [0.4, 0.5) is 0 Å². The smallest absolute Gasteiger partial charge is 0.0537 e. The van der Waals surface area contributed by atoms with Gasteiger partial charge in [-0.15, -0.1) is 0 Å². The van der Waals surface area contributed by atoms with Crippen molar-refractivity contribution in [3.63, 3.8) is 0 Å². The third-order valence-electron chi connectivity index (χ3n) is 4.42. The minimum atomic E-state index is 0.416. The molecule has 2 rings (SSSR count). The predicted molar refractivity (Wildman–Crippen MR) is 70.9 cm³/mol. The number of hydrogen-bond acceptors (Lipinski definition) is 2. The fourth-order valence-electron chi connectivity index (χ4n) is 2.60. The topological polar surface area (TPSA) is 29.9 Å². The molecule has 0 amide bonds. The number of nitrogens with one attached hydrogen (secondary N) is 1. The van der Waals surface area contributed by atoms with E-state index < -0.39 is 0 Å². The van der Waals surface area contributed by atoms with Crippen molar-refractivity contribution in [3.05, 3.63) is 18.0 Å². The second kappa shape index (κ2) is 5.21. The first-order valence-corrected chi connectivity index (χ1v) is 6.95.